The second kappa shape index (κ2) is 8.31. The van der Waals surface area contributed by atoms with Crippen LogP contribution < -0.4 is 10.1 Å². The first kappa shape index (κ1) is 17.8. The van der Waals surface area contributed by atoms with Crippen LogP contribution in [0.25, 0.3) is 0 Å². The molecule has 0 unspecified atom stereocenters. The van der Waals surface area contributed by atoms with Crippen molar-refractivity contribution in [3.8, 4) is 11.8 Å². The van der Waals surface area contributed by atoms with E-state index in [1.165, 1.54) is 11.8 Å². The zero-order valence-electron chi connectivity index (χ0n) is 13.8. The maximum absolute atomic E-state index is 12.2. The van der Waals surface area contributed by atoms with Crippen molar-refractivity contribution in [2.24, 2.45) is 0 Å². The number of anilines is 1. The van der Waals surface area contributed by atoms with Gasteiger partial charge in [0.2, 0.25) is 5.91 Å². The van der Waals surface area contributed by atoms with E-state index in [4.69, 9.17) is 4.74 Å². The first-order valence-electron chi connectivity index (χ1n) is 7.45. The first-order valence-corrected chi connectivity index (χ1v) is 8.43. The third-order valence-corrected chi connectivity index (χ3v) is 4.06. The minimum atomic E-state index is -0.190. The number of hydrogen-bond donors (Lipinski definition) is 1. The monoisotopic (exact) mass is 342 g/mol. The number of aromatic nitrogens is 2. The molecule has 1 aromatic heterocycles. The molecule has 1 heterocycles. The molecule has 0 radical (unpaired) electrons. The molecule has 0 saturated heterocycles. The van der Waals surface area contributed by atoms with Gasteiger partial charge in [-0.25, -0.2) is 9.97 Å². The topological polar surface area (TPSA) is 87.9 Å². The highest BCUT2D eigenvalue weighted by molar-refractivity contribution is 8.00. The van der Waals surface area contributed by atoms with Gasteiger partial charge in [0.1, 0.15) is 28.2 Å². The molecule has 0 spiro atoms. The second-order valence-corrected chi connectivity index (χ2v) is 5.88. The predicted octanol–water partition coefficient (Wildman–Crippen LogP) is 3.09. The van der Waals surface area contributed by atoms with Crippen LogP contribution in [-0.4, -0.2) is 28.2 Å². The Morgan fingerprint density at radius 1 is 1.33 bits per heavy atom. The fraction of sp³-hybridized carbons (Fsp3) is 0.294. The molecular formula is C17H18N4O2S. The Balaban J connectivity index is 2.06. The summed E-state index contributed by atoms with van der Waals surface area (Å²) in [5.74, 6) is 1.16. The van der Waals surface area contributed by atoms with E-state index < -0.39 is 0 Å². The van der Waals surface area contributed by atoms with Gasteiger partial charge in [-0.15, -0.1) is 0 Å². The Bertz CT molecular complexity index is 787. The van der Waals surface area contributed by atoms with Crippen LogP contribution in [0.15, 0.2) is 29.3 Å². The summed E-state index contributed by atoms with van der Waals surface area (Å²) >= 11 is 1.22. The van der Waals surface area contributed by atoms with Gasteiger partial charge in [0, 0.05) is 0 Å². The van der Waals surface area contributed by atoms with Crippen LogP contribution in [0.4, 0.5) is 5.69 Å². The number of aryl methyl sites for hydroxylation is 2. The molecule has 0 saturated carbocycles. The molecule has 6 nitrogen and oxygen atoms in total. The molecule has 124 valence electrons. The molecular weight excluding hydrogens is 324 g/mol. The minimum absolute atomic E-state index is 0.144. The Morgan fingerprint density at radius 3 is 2.79 bits per heavy atom. The Morgan fingerprint density at radius 2 is 2.08 bits per heavy atom. The van der Waals surface area contributed by atoms with Crippen molar-refractivity contribution in [3.05, 3.63) is 41.3 Å². The lowest BCUT2D eigenvalue weighted by Crippen LogP contribution is -2.15. The number of benzene rings is 1. The van der Waals surface area contributed by atoms with Crippen LogP contribution in [0, 0.1) is 25.2 Å². The SMILES string of the molecule is CCOc1ccccc1NC(=O)CSc1nc(C)nc(C)c1C#N. The van der Waals surface area contributed by atoms with Gasteiger partial charge in [0.25, 0.3) is 0 Å². The standard InChI is InChI=1S/C17H18N4O2S/c1-4-23-15-8-6-5-7-14(15)21-16(22)10-24-17-13(9-18)11(2)19-12(3)20-17/h5-8H,4,10H2,1-3H3,(H,21,22). The molecule has 2 aromatic rings. The van der Waals surface area contributed by atoms with Crippen molar-refractivity contribution < 1.29 is 9.53 Å². The zero-order chi connectivity index (χ0) is 17.5. The molecule has 1 amide bonds. The summed E-state index contributed by atoms with van der Waals surface area (Å²) in [6.07, 6.45) is 0. The molecule has 1 aromatic carbocycles. The van der Waals surface area contributed by atoms with Gasteiger partial charge in [0.05, 0.1) is 23.7 Å². The molecule has 0 fully saturated rings. The maximum atomic E-state index is 12.2. The Labute approximate surface area is 145 Å². The molecule has 7 heteroatoms. The van der Waals surface area contributed by atoms with Crippen LogP contribution in [-0.2, 0) is 4.79 Å². The zero-order valence-corrected chi connectivity index (χ0v) is 14.6. The number of thioether (sulfide) groups is 1. The largest absolute Gasteiger partial charge is 0.492 e. The highest BCUT2D eigenvalue weighted by Gasteiger charge is 2.13. The van der Waals surface area contributed by atoms with E-state index in [-0.39, 0.29) is 11.7 Å². The number of para-hydroxylation sites is 2. The van der Waals surface area contributed by atoms with Gasteiger partial charge in [0.15, 0.2) is 0 Å². The van der Waals surface area contributed by atoms with Crippen LogP contribution >= 0.6 is 11.8 Å². The third-order valence-electron chi connectivity index (χ3n) is 3.08. The number of hydrogen-bond acceptors (Lipinski definition) is 6. The second-order valence-electron chi connectivity index (χ2n) is 4.91. The van der Waals surface area contributed by atoms with Crippen LogP contribution in [0.5, 0.6) is 5.75 Å². The van der Waals surface area contributed by atoms with Crippen molar-refractivity contribution in [2.75, 3.05) is 17.7 Å². The number of rotatable bonds is 6. The molecule has 0 aliphatic carbocycles. The average Bonchev–Trinajstić information content (AvgIpc) is 2.54. The predicted molar refractivity (Wildman–Crippen MR) is 93.2 cm³/mol. The fourth-order valence-electron chi connectivity index (χ4n) is 2.09. The van der Waals surface area contributed by atoms with E-state index in [9.17, 15) is 10.1 Å². The maximum Gasteiger partial charge on any atom is 0.234 e. The molecule has 0 aliphatic rings. The quantitative estimate of drug-likeness (QED) is 0.641. The van der Waals surface area contributed by atoms with Gasteiger partial charge in [-0.3, -0.25) is 4.79 Å². The van der Waals surface area contributed by atoms with Gasteiger partial charge in [-0.2, -0.15) is 5.26 Å². The smallest absolute Gasteiger partial charge is 0.234 e. The highest BCUT2D eigenvalue weighted by Crippen LogP contribution is 2.25. The summed E-state index contributed by atoms with van der Waals surface area (Å²) in [7, 11) is 0. The summed E-state index contributed by atoms with van der Waals surface area (Å²) in [5, 5.41) is 12.6. The Hall–Kier alpha value is -2.59. The van der Waals surface area contributed by atoms with Crippen LogP contribution in [0.2, 0.25) is 0 Å². The lowest BCUT2D eigenvalue weighted by molar-refractivity contribution is -0.113. The lowest BCUT2D eigenvalue weighted by Gasteiger charge is -2.11. The Kier molecular flexibility index (Phi) is 6.15. The van der Waals surface area contributed by atoms with Crippen molar-refractivity contribution in [1.82, 2.24) is 9.97 Å². The van der Waals surface area contributed by atoms with Crippen molar-refractivity contribution in [2.45, 2.75) is 25.8 Å². The van der Waals surface area contributed by atoms with Gasteiger partial charge < -0.3 is 10.1 Å². The van der Waals surface area contributed by atoms with E-state index in [0.717, 1.165) is 0 Å². The summed E-state index contributed by atoms with van der Waals surface area (Å²) in [6.45, 7) is 5.93. The number of carbonyl (C=O) groups excluding carboxylic acids is 1. The highest BCUT2D eigenvalue weighted by atomic mass is 32.2. The van der Waals surface area contributed by atoms with Gasteiger partial charge >= 0.3 is 0 Å². The van der Waals surface area contributed by atoms with E-state index in [2.05, 4.69) is 21.4 Å². The van der Waals surface area contributed by atoms with Crippen molar-refractivity contribution >= 4 is 23.4 Å². The number of ether oxygens (including phenoxy) is 1. The van der Waals surface area contributed by atoms with E-state index >= 15 is 0 Å². The van der Waals surface area contributed by atoms with Crippen LogP contribution in [0.3, 0.4) is 0 Å². The van der Waals surface area contributed by atoms with Crippen molar-refractivity contribution in [1.29, 1.82) is 5.26 Å². The molecule has 2 rings (SSSR count). The summed E-state index contributed by atoms with van der Waals surface area (Å²) in [5.41, 5.74) is 1.66. The fourth-order valence-corrected chi connectivity index (χ4v) is 2.96. The van der Waals surface area contributed by atoms with E-state index in [1.807, 2.05) is 19.1 Å². The summed E-state index contributed by atoms with van der Waals surface area (Å²) < 4.78 is 5.48. The molecule has 0 atom stereocenters. The summed E-state index contributed by atoms with van der Waals surface area (Å²) in [6, 6.07) is 9.36. The normalized spacial score (nSPS) is 10.1. The van der Waals surface area contributed by atoms with Crippen molar-refractivity contribution in [3.63, 3.8) is 0 Å². The minimum Gasteiger partial charge on any atom is -0.492 e. The number of carbonyl (C=O) groups is 1. The van der Waals surface area contributed by atoms with E-state index in [1.54, 1.807) is 26.0 Å². The number of amides is 1. The van der Waals surface area contributed by atoms with Gasteiger partial charge in [-0.05, 0) is 32.9 Å². The first-order chi connectivity index (χ1) is 11.5. The molecule has 0 aliphatic heterocycles. The molecule has 24 heavy (non-hydrogen) atoms. The third kappa shape index (κ3) is 4.46. The number of nitriles is 1. The van der Waals surface area contributed by atoms with Gasteiger partial charge in [-0.1, -0.05) is 23.9 Å². The van der Waals surface area contributed by atoms with E-state index in [0.29, 0.717) is 40.2 Å². The lowest BCUT2D eigenvalue weighted by atomic mass is 10.3. The molecule has 1 N–H and O–H groups in total. The number of nitrogens with zero attached hydrogens (tertiary/aromatic N) is 3. The van der Waals surface area contributed by atoms with Crippen LogP contribution in [0.1, 0.15) is 24.0 Å². The molecule has 0 bridgehead atoms. The summed E-state index contributed by atoms with van der Waals surface area (Å²) in [4.78, 5) is 20.6. The number of nitrogens with one attached hydrogen (secondary N) is 1. The average molecular weight is 342 g/mol.